The van der Waals surface area contributed by atoms with Crippen LogP contribution in [0.1, 0.15) is 28.5 Å². The van der Waals surface area contributed by atoms with E-state index in [1.807, 2.05) is 24.3 Å². The van der Waals surface area contributed by atoms with Crippen LogP contribution in [0.25, 0.3) is 10.9 Å². The Balaban J connectivity index is 1.84. The van der Waals surface area contributed by atoms with Gasteiger partial charge in [0.1, 0.15) is 0 Å². The number of rotatable bonds is 3. The zero-order valence-corrected chi connectivity index (χ0v) is 14.1. The van der Waals surface area contributed by atoms with Gasteiger partial charge in [0.2, 0.25) is 5.95 Å². The summed E-state index contributed by atoms with van der Waals surface area (Å²) in [7, 11) is 0. The van der Waals surface area contributed by atoms with Crippen LogP contribution in [-0.4, -0.2) is 38.8 Å². The molecule has 25 heavy (non-hydrogen) atoms. The summed E-state index contributed by atoms with van der Waals surface area (Å²) in [6.07, 6.45) is 4.08. The molecule has 0 bridgehead atoms. The summed E-state index contributed by atoms with van der Waals surface area (Å²) in [6.45, 7) is 4.80. The molecule has 0 unspecified atom stereocenters. The van der Waals surface area contributed by atoms with Gasteiger partial charge in [0.25, 0.3) is 5.91 Å². The Bertz CT molecular complexity index is 926. The summed E-state index contributed by atoms with van der Waals surface area (Å²) in [5.41, 5.74) is 3.57. The van der Waals surface area contributed by atoms with Crippen molar-refractivity contribution in [2.45, 2.75) is 19.9 Å². The Morgan fingerprint density at radius 3 is 2.80 bits per heavy atom. The molecule has 1 amide bonds. The number of fused-ring (bicyclic) bond motifs is 2. The van der Waals surface area contributed by atoms with E-state index >= 15 is 0 Å². The first-order valence-electron chi connectivity index (χ1n) is 8.47. The van der Waals surface area contributed by atoms with Gasteiger partial charge in [-0.3, -0.25) is 20.0 Å². The number of nitrogens with one attached hydrogen (secondary N) is 1. The highest BCUT2D eigenvalue weighted by atomic mass is 16.1. The van der Waals surface area contributed by atoms with Crippen LogP contribution in [0.2, 0.25) is 0 Å². The smallest absolute Gasteiger partial charge is 0.259 e. The predicted molar refractivity (Wildman–Crippen MR) is 96.4 cm³/mol. The summed E-state index contributed by atoms with van der Waals surface area (Å²) in [5, 5.41) is 3.69. The first-order chi connectivity index (χ1) is 12.3. The fourth-order valence-electron chi connectivity index (χ4n) is 3.30. The SMILES string of the molecule is CCN1CCc2nc3ccccc3c(C(=O)Nc3ncccn3)c2C1. The van der Waals surface area contributed by atoms with Crippen molar-refractivity contribution < 1.29 is 4.79 Å². The van der Waals surface area contributed by atoms with E-state index in [9.17, 15) is 4.79 Å². The van der Waals surface area contributed by atoms with Crippen LogP contribution in [-0.2, 0) is 13.0 Å². The van der Waals surface area contributed by atoms with E-state index in [1.165, 1.54) is 0 Å². The summed E-state index contributed by atoms with van der Waals surface area (Å²) >= 11 is 0. The van der Waals surface area contributed by atoms with Crippen molar-refractivity contribution in [1.29, 1.82) is 0 Å². The van der Waals surface area contributed by atoms with Crippen LogP contribution >= 0.6 is 0 Å². The number of nitrogens with zero attached hydrogens (tertiary/aromatic N) is 4. The van der Waals surface area contributed by atoms with Crippen molar-refractivity contribution in [1.82, 2.24) is 19.9 Å². The van der Waals surface area contributed by atoms with Gasteiger partial charge in [0, 0.05) is 48.5 Å². The molecule has 2 aromatic heterocycles. The number of hydrogen-bond donors (Lipinski definition) is 1. The molecule has 6 nitrogen and oxygen atoms in total. The number of carbonyl (C=O) groups is 1. The van der Waals surface area contributed by atoms with Crippen molar-refractivity contribution in [3.63, 3.8) is 0 Å². The van der Waals surface area contributed by atoms with E-state index in [0.717, 1.165) is 48.2 Å². The molecule has 1 aliphatic rings. The van der Waals surface area contributed by atoms with Gasteiger partial charge in [-0.2, -0.15) is 0 Å². The van der Waals surface area contributed by atoms with Crippen LogP contribution in [0.3, 0.4) is 0 Å². The number of anilines is 1. The maximum Gasteiger partial charge on any atom is 0.259 e. The number of amides is 1. The number of carbonyl (C=O) groups excluding carboxylic acids is 1. The third kappa shape index (κ3) is 2.96. The molecule has 0 atom stereocenters. The molecule has 0 saturated carbocycles. The Kier molecular flexibility index (Phi) is 4.11. The summed E-state index contributed by atoms with van der Waals surface area (Å²) in [4.78, 5) is 28.4. The van der Waals surface area contributed by atoms with Gasteiger partial charge in [0.05, 0.1) is 11.1 Å². The third-order valence-corrected chi connectivity index (χ3v) is 4.59. The Morgan fingerprint density at radius 2 is 2.00 bits per heavy atom. The zero-order chi connectivity index (χ0) is 17.2. The van der Waals surface area contributed by atoms with Gasteiger partial charge >= 0.3 is 0 Å². The number of hydrogen-bond acceptors (Lipinski definition) is 5. The van der Waals surface area contributed by atoms with Gasteiger partial charge in [0.15, 0.2) is 0 Å². The van der Waals surface area contributed by atoms with E-state index in [-0.39, 0.29) is 5.91 Å². The largest absolute Gasteiger partial charge is 0.299 e. The molecule has 3 aromatic rings. The number of para-hydroxylation sites is 1. The zero-order valence-electron chi connectivity index (χ0n) is 14.1. The molecule has 1 aliphatic heterocycles. The van der Waals surface area contributed by atoms with Crippen molar-refractivity contribution >= 4 is 22.8 Å². The maximum atomic E-state index is 13.1. The van der Waals surface area contributed by atoms with E-state index < -0.39 is 0 Å². The molecule has 0 spiro atoms. The standard InChI is InChI=1S/C19H19N5O/c1-2-24-11-8-16-14(12-24)17(13-6-3-4-7-15(13)22-16)18(25)23-19-20-9-5-10-21-19/h3-7,9-10H,2,8,11-12H2,1H3,(H,20,21,23,25). The predicted octanol–water partition coefficient (Wildman–Crippen LogP) is 2.66. The first kappa shape index (κ1) is 15.7. The average Bonchev–Trinajstić information content (AvgIpc) is 2.66. The topological polar surface area (TPSA) is 71.0 Å². The van der Waals surface area contributed by atoms with E-state index in [0.29, 0.717) is 11.5 Å². The molecule has 0 saturated heterocycles. The van der Waals surface area contributed by atoms with Gasteiger partial charge in [-0.25, -0.2) is 9.97 Å². The highest BCUT2D eigenvalue weighted by molar-refractivity contribution is 6.13. The minimum Gasteiger partial charge on any atom is -0.299 e. The molecular formula is C19H19N5O. The molecule has 0 radical (unpaired) electrons. The fraction of sp³-hybridized carbons (Fsp3) is 0.263. The Hall–Kier alpha value is -2.86. The lowest BCUT2D eigenvalue weighted by Gasteiger charge is -2.29. The average molecular weight is 333 g/mol. The molecule has 1 N–H and O–H groups in total. The molecule has 0 aliphatic carbocycles. The number of benzene rings is 1. The molecule has 6 heteroatoms. The van der Waals surface area contributed by atoms with Gasteiger partial charge in [-0.05, 0) is 18.7 Å². The summed E-state index contributed by atoms with van der Waals surface area (Å²) < 4.78 is 0. The highest BCUT2D eigenvalue weighted by Crippen LogP contribution is 2.28. The fourth-order valence-corrected chi connectivity index (χ4v) is 3.30. The normalized spacial score (nSPS) is 14.3. The second kappa shape index (κ2) is 6.57. The molecule has 4 rings (SSSR count). The minimum absolute atomic E-state index is 0.181. The second-order valence-electron chi connectivity index (χ2n) is 6.07. The van der Waals surface area contributed by atoms with Crippen LogP contribution in [0.4, 0.5) is 5.95 Å². The van der Waals surface area contributed by atoms with Crippen molar-refractivity contribution in [3.8, 4) is 0 Å². The van der Waals surface area contributed by atoms with Gasteiger partial charge < -0.3 is 0 Å². The van der Waals surface area contributed by atoms with Crippen molar-refractivity contribution in [2.75, 3.05) is 18.4 Å². The molecule has 3 heterocycles. The molecule has 0 fully saturated rings. The highest BCUT2D eigenvalue weighted by Gasteiger charge is 2.25. The summed E-state index contributed by atoms with van der Waals surface area (Å²) in [6, 6.07) is 9.52. The molecule has 126 valence electrons. The van der Waals surface area contributed by atoms with E-state index in [2.05, 4.69) is 27.1 Å². The van der Waals surface area contributed by atoms with Crippen molar-refractivity contribution in [2.24, 2.45) is 0 Å². The van der Waals surface area contributed by atoms with Crippen molar-refractivity contribution in [3.05, 3.63) is 59.5 Å². The minimum atomic E-state index is -0.181. The first-order valence-corrected chi connectivity index (χ1v) is 8.47. The van der Waals surface area contributed by atoms with Crippen LogP contribution in [0.5, 0.6) is 0 Å². The van der Waals surface area contributed by atoms with E-state index in [4.69, 9.17) is 4.98 Å². The Morgan fingerprint density at radius 1 is 1.20 bits per heavy atom. The lowest BCUT2D eigenvalue weighted by Crippen LogP contribution is -2.33. The van der Waals surface area contributed by atoms with Crippen LogP contribution < -0.4 is 5.32 Å². The quantitative estimate of drug-likeness (QED) is 0.798. The van der Waals surface area contributed by atoms with Crippen LogP contribution in [0, 0.1) is 0 Å². The maximum absolute atomic E-state index is 13.1. The third-order valence-electron chi connectivity index (χ3n) is 4.59. The monoisotopic (exact) mass is 333 g/mol. The van der Waals surface area contributed by atoms with Crippen LogP contribution in [0.15, 0.2) is 42.7 Å². The van der Waals surface area contributed by atoms with Gasteiger partial charge in [-0.1, -0.05) is 25.1 Å². The lowest BCUT2D eigenvalue weighted by atomic mass is 9.95. The Labute approximate surface area is 145 Å². The number of aromatic nitrogens is 3. The second-order valence-corrected chi connectivity index (χ2v) is 6.07. The number of likely N-dealkylation sites (N-methyl/N-ethyl adjacent to an activating group) is 1. The molecule has 1 aromatic carbocycles. The number of pyridine rings is 1. The summed E-state index contributed by atoms with van der Waals surface area (Å²) in [5.74, 6) is 0.129. The van der Waals surface area contributed by atoms with E-state index in [1.54, 1.807) is 18.5 Å². The lowest BCUT2D eigenvalue weighted by molar-refractivity contribution is 0.102. The van der Waals surface area contributed by atoms with Gasteiger partial charge in [-0.15, -0.1) is 0 Å². The molecular weight excluding hydrogens is 314 g/mol.